The summed E-state index contributed by atoms with van der Waals surface area (Å²) in [7, 11) is 1.43. The van der Waals surface area contributed by atoms with Crippen molar-refractivity contribution in [3.8, 4) is 5.75 Å². The van der Waals surface area contributed by atoms with Gasteiger partial charge in [-0.15, -0.1) is 0 Å². The second-order valence-corrected chi connectivity index (χ2v) is 8.21. The number of aromatic hydroxyl groups is 1. The average Bonchev–Trinajstić information content (AvgIpc) is 2.89. The van der Waals surface area contributed by atoms with Crippen molar-refractivity contribution in [2.75, 3.05) is 31.9 Å². The molecule has 2 aromatic carbocycles. The standard InChI is InChI=1S/C24H21F2N5O7/c1-38-9-8-28-13-30(16-4-6-17(7-5-16)31(36)37)29-12-18(21(32)22(33)20(29)24(28)35)23(34)27-11-14-2-3-15(25)10-19(14)26/h2-7,10,12,33H,8-9,11,13H2,1H3,(H,27,34). The average molecular weight is 529 g/mol. The van der Waals surface area contributed by atoms with Crippen LogP contribution in [0.1, 0.15) is 26.4 Å². The third-order valence-electron chi connectivity index (χ3n) is 5.84. The summed E-state index contributed by atoms with van der Waals surface area (Å²) in [6, 6.07) is 8.05. The van der Waals surface area contributed by atoms with Crippen LogP contribution in [0, 0.1) is 21.7 Å². The molecule has 12 nitrogen and oxygen atoms in total. The molecule has 14 heteroatoms. The maximum atomic E-state index is 14.0. The first-order valence-electron chi connectivity index (χ1n) is 11.1. The molecule has 1 aliphatic heterocycles. The number of nitrogens with zero attached hydrogens (tertiary/aromatic N) is 4. The Hall–Kier alpha value is -4.85. The Morgan fingerprint density at radius 1 is 1.18 bits per heavy atom. The highest BCUT2D eigenvalue weighted by molar-refractivity contribution is 5.99. The van der Waals surface area contributed by atoms with Crippen molar-refractivity contribution in [2.24, 2.45) is 0 Å². The van der Waals surface area contributed by atoms with Gasteiger partial charge in [0.2, 0.25) is 5.43 Å². The normalized spacial score (nSPS) is 12.9. The summed E-state index contributed by atoms with van der Waals surface area (Å²) in [6.45, 7) is -0.261. The molecule has 3 aromatic rings. The molecule has 0 atom stereocenters. The highest BCUT2D eigenvalue weighted by Crippen LogP contribution is 2.28. The van der Waals surface area contributed by atoms with Crippen LogP contribution < -0.4 is 15.8 Å². The lowest BCUT2D eigenvalue weighted by Crippen LogP contribution is -2.53. The van der Waals surface area contributed by atoms with Gasteiger partial charge in [0.25, 0.3) is 17.5 Å². The molecule has 1 aliphatic rings. The number of benzene rings is 2. The van der Waals surface area contributed by atoms with Crippen molar-refractivity contribution in [3.05, 3.63) is 97.5 Å². The van der Waals surface area contributed by atoms with Gasteiger partial charge in [-0.1, -0.05) is 6.07 Å². The predicted molar refractivity (Wildman–Crippen MR) is 129 cm³/mol. The van der Waals surface area contributed by atoms with E-state index in [1.807, 2.05) is 0 Å². The van der Waals surface area contributed by atoms with Crippen molar-refractivity contribution in [1.82, 2.24) is 14.9 Å². The molecular formula is C24H21F2N5O7. The molecule has 198 valence electrons. The van der Waals surface area contributed by atoms with E-state index in [1.54, 1.807) is 0 Å². The number of halogens is 2. The van der Waals surface area contributed by atoms with Crippen molar-refractivity contribution in [3.63, 3.8) is 0 Å². The summed E-state index contributed by atoms with van der Waals surface area (Å²) in [6.07, 6.45) is 1.04. The first-order chi connectivity index (χ1) is 18.1. The van der Waals surface area contributed by atoms with E-state index < -0.39 is 50.8 Å². The molecule has 0 bridgehead atoms. The molecule has 2 amide bonds. The molecule has 0 spiro atoms. The van der Waals surface area contributed by atoms with Gasteiger partial charge in [0.1, 0.15) is 23.9 Å². The zero-order chi connectivity index (χ0) is 27.6. The molecule has 0 radical (unpaired) electrons. The summed E-state index contributed by atoms with van der Waals surface area (Å²) >= 11 is 0. The summed E-state index contributed by atoms with van der Waals surface area (Å²) < 4.78 is 33.3. The summed E-state index contributed by atoms with van der Waals surface area (Å²) in [5.74, 6) is -4.39. The second kappa shape index (κ2) is 10.6. The zero-order valence-corrected chi connectivity index (χ0v) is 19.9. The molecular weight excluding hydrogens is 508 g/mol. The fourth-order valence-corrected chi connectivity index (χ4v) is 3.85. The lowest BCUT2D eigenvalue weighted by Gasteiger charge is -2.39. The monoisotopic (exact) mass is 529 g/mol. The van der Waals surface area contributed by atoms with Crippen LogP contribution >= 0.6 is 0 Å². The number of methoxy groups -OCH3 is 1. The van der Waals surface area contributed by atoms with Crippen molar-refractivity contribution < 1.29 is 33.1 Å². The first kappa shape index (κ1) is 26.2. The van der Waals surface area contributed by atoms with Crippen LogP contribution in [0.15, 0.2) is 53.5 Å². The Bertz CT molecular complexity index is 1480. The number of carbonyl (C=O) groups is 2. The second-order valence-electron chi connectivity index (χ2n) is 8.21. The number of anilines is 1. The molecule has 0 saturated carbocycles. The molecule has 0 saturated heterocycles. The molecule has 2 heterocycles. The fourth-order valence-electron chi connectivity index (χ4n) is 3.85. The van der Waals surface area contributed by atoms with Crippen molar-refractivity contribution in [2.45, 2.75) is 6.54 Å². The number of aromatic nitrogens is 1. The molecule has 0 aliphatic carbocycles. The van der Waals surface area contributed by atoms with Crippen LogP contribution in [-0.4, -0.2) is 58.4 Å². The molecule has 38 heavy (non-hydrogen) atoms. The quantitative estimate of drug-likeness (QED) is 0.333. The number of nitrogens with one attached hydrogen (secondary N) is 1. The van der Waals surface area contributed by atoms with Gasteiger partial charge in [-0.25, -0.2) is 13.5 Å². The maximum Gasteiger partial charge on any atom is 0.278 e. The van der Waals surface area contributed by atoms with Crippen LogP contribution in [-0.2, 0) is 11.3 Å². The third-order valence-corrected chi connectivity index (χ3v) is 5.84. The molecule has 4 rings (SSSR count). The van der Waals surface area contributed by atoms with Gasteiger partial charge in [0, 0.05) is 50.2 Å². The number of pyridine rings is 1. The van der Waals surface area contributed by atoms with Gasteiger partial charge in [-0.3, -0.25) is 29.5 Å². The Labute approximate surface area is 213 Å². The van der Waals surface area contributed by atoms with Crippen LogP contribution in [0.3, 0.4) is 0 Å². The van der Waals surface area contributed by atoms with Gasteiger partial charge < -0.3 is 20.1 Å². The van der Waals surface area contributed by atoms with E-state index in [4.69, 9.17) is 4.74 Å². The molecule has 2 N–H and O–H groups in total. The number of amides is 2. The zero-order valence-electron chi connectivity index (χ0n) is 19.9. The number of rotatable bonds is 8. The largest absolute Gasteiger partial charge is 0.502 e. The number of hydrogen-bond acceptors (Lipinski definition) is 8. The predicted octanol–water partition coefficient (Wildman–Crippen LogP) is 2.00. The highest BCUT2D eigenvalue weighted by Gasteiger charge is 2.35. The van der Waals surface area contributed by atoms with Crippen molar-refractivity contribution in [1.29, 1.82) is 0 Å². The van der Waals surface area contributed by atoms with E-state index in [0.717, 1.165) is 23.0 Å². The number of nitro groups is 1. The number of ether oxygens (including phenoxy) is 1. The molecule has 0 fully saturated rings. The van der Waals surface area contributed by atoms with E-state index in [0.29, 0.717) is 11.8 Å². The van der Waals surface area contributed by atoms with Crippen LogP contribution in [0.4, 0.5) is 20.2 Å². The van der Waals surface area contributed by atoms with Gasteiger partial charge in [-0.2, -0.15) is 0 Å². The van der Waals surface area contributed by atoms with Gasteiger partial charge in [0.05, 0.1) is 17.2 Å². The van der Waals surface area contributed by atoms with E-state index in [2.05, 4.69) is 5.32 Å². The Kier molecular flexibility index (Phi) is 7.34. The number of fused-ring (bicyclic) bond motifs is 1. The first-order valence-corrected chi connectivity index (χ1v) is 11.1. The maximum absolute atomic E-state index is 14.0. The lowest BCUT2D eigenvalue weighted by molar-refractivity contribution is -0.384. The fraction of sp³-hybridized carbons (Fsp3) is 0.208. The minimum atomic E-state index is -1.14. The highest BCUT2D eigenvalue weighted by atomic mass is 19.1. The van der Waals surface area contributed by atoms with Gasteiger partial charge in [-0.05, 0) is 18.2 Å². The minimum absolute atomic E-state index is 0.0431. The molecule has 0 unspecified atom stereocenters. The SMILES string of the molecule is COCCN1CN(c2ccc([N+](=O)[O-])cc2)n2cc(C(=O)NCc3ccc(F)cc3F)c(=O)c(O)c2C1=O. The number of nitro benzene ring substituents is 1. The van der Waals surface area contributed by atoms with Crippen molar-refractivity contribution >= 4 is 23.2 Å². The minimum Gasteiger partial charge on any atom is -0.502 e. The Morgan fingerprint density at radius 3 is 2.53 bits per heavy atom. The Morgan fingerprint density at radius 2 is 1.89 bits per heavy atom. The van der Waals surface area contributed by atoms with E-state index in [-0.39, 0.29) is 37.6 Å². The Balaban J connectivity index is 1.75. The molecule has 1 aromatic heterocycles. The van der Waals surface area contributed by atoms with Gasteiger partial charge in [0.15, 0.2) is 11.4 Å². The van der Waals surface area contributed by atoms with E-state index >= 15 is 0 Å². The number of non-ortho nitro benzene ring substituents is 1. The third kappa shape index (κ3) is 5.01. The van der Waals surface area contributed by atoms with Crippen LogP contribution in [0.2, 0.25) is 0 Å². The van der Waals surface area contributed by atoms with E-state index in [1.165, 1.54) is 41.3 Å². The number of hydrogen-bond donors (Lipinski definition) is 2. The summed E-state index contributed by atoms with van der Waals surface area (Å²) in [5, 5.41) is 25.6. The topological polar surface area (TPSA) is 147 Å². The lowest BCUT2D eigenvalue weighted by atomic mass is 10.1. The smallest absolute Gasteiger partial charge is 0.278 e. The number of carbonyl (C=O) groups excluding carboxylic acids is 2. The summed E-state index contributed by atoms with van der Waals surface area (Å²) in [4.78, 5) is 50.7. The summed E-state index contributed by atoms with van der Waals surface area (Å²) in [5.41, 5.74) is -2.02. The van der Waals surface area contributed by atoms with Crippen LogP contribution in [0.25, 0.3) is 0 Å². The van der Waals surface area contributed by atoms with Gasteiger partial charge >= 0.3 is 0 Å². The van der Waals surface area contributed by atoms with Crippen LogP contribution in [0.5, 0.6) is 5.75 Å². The van der Waals surface area contributed by atoms with E-state index in [9.17, 15) is 38.4 Å².